The van der Waals surface area contributed by atoms with E-state index in [0.29, 0.717) is 16.9 Å². The molecule has 34 heavy (non-hydrogen) atoms. The molecule has 0 aliphatic carbocycles. The highest BCUT2D eigenvalue weighted by Gasteiger charge is 2.24. The summed E-state index contributed by atoms with van der Waals surface area (Å²) in [6.07, 6.45) is 1.92. The molecular formula is C24H23ClN2O5S2. The number of nitrogens with one attached hydrogen (secondary N) is 1. The number of ether oxygens (including phenoxy) is 1. The molecule has 0 heterocycles. The molecule has 7 nitrogen and oxygen atoms in total. The van der Waals surface area contributed by atoms with Crippen LogP contribution in [0.2, 0.25) is 5.02 Å². The van der Waals surface area contributed by atoms with Crippen LogP contribution in [0.4, 0.5) is 11.4 Å². The highest BCUT2D eigenvalue weighted by atomic mass is 35.5. The fourth-order valence-corrected chi connectivity index (χ4v) is 5.29. The van der Waals surface area contributed by atoms with Crippen molar-refractivity contribution in [3.8, 4) is 0 Å². The molecule has 0 aromatic heterocycles. The number of rotatable bonds is 8. The average molecular weight is 519 g/mol. The fourth-order valence-electron chi connectivity index (χ4n) is 3.22. The number of hydrogen-bond donors (Lipinski definition) is 1. The van der Waals surface area contributed by atoms with Crippen LogP contribution in [0.1, 0.15) is 27.6 Å². The standard InChI is InChI=1S/C24H23ClN2O5S2/c1-4-27(34(30,31)20-12-10-19(33-3)11-13-20)18-8-5-16(6-9-18)23(28)26-17-7-14-22(25)21(15-17)24(29)32-2/h5-15H,4H2,1-3H3,(H,26,28). The Morgan fingerprint density at radius 1 is 1.03 bits per heavy atom. The third-order valence-corrected chi connectivity index (χ3v) is 7.97. The van der Waals surface area contributed by atoms with Gasteiger partial charge in [-0.2, -0.15) is 0 Å². The smallest absolute Gasteiger partial charge is 0.339 e. The van der Waals surface area contributed by atoms with Crippen LogP contribution in [0.15, 0.2) is 76.5 Å². The summed E-state index contributed by atoms with van der Waals surface area (Å²) >= 11 is 7.54. The van der Waals surface area contributed by atoms with Gasteiger partial charge in [-0.15, -0.1) is 11.8 Å². The zero-order valence-electron chi connectivity index (χ0n) is 18.7. The zero-order valence-corrected chi connectivity index (χ0v) is 21.1. The minimum absolute atomic E-state index is 0.131. The van der Waals surface area contributed by atoms with Crippen LogP contribution in [0.25, 0.3) is 0 Å². The Hall–Kier alpha value is -3.01. The molecule has 0 aliphatic rings. The highest BCUT2D eigenvalue weighted by molar-refractivity contribution is 7.98. The molecule has 0 atom stereocenters. The van der Waals surface area contributed by atoms with Crippen LogP contribution >= 0.6 is 23.4 Å². The van der Waals surface area contributed by atoms with Crippen molar-refractivity contribution in [3.05, 3.63) is 82.9 Å². The average Bonchev–Trinajstić information content (AvgIpc) is 2.85. The van der Waals surface area contributed by atoms with Crippen molar-refractivity contribution in [2.75, 3.05) is 29.5 Å². The van der Waals surface area contributed by atoms with E-state index in [4.69, 9.17) is 11.6 Å². The van der Waals surface area contributed by atoms with Crippen molar-refractivity contribution in [2.24, 2.45) is 0 Å². The Morgan fingerprint density at radius 2 is 1.68 bits per heavy atom. The van der Waals surface area contributed by atoms with Crippen molar-refractivity contribution < 1.29 is 22.7 Å². The summed E-state index contributed by atoms with van der Waals surface area (Å²) in [6.45, 7) is 1.97. The van der Waals surface area contributed by atoms with Crippen LogP contribution in [0.3, 0.4) is 0 Å². The predicted octanol–water partition coefficient (Wildman–Crippen LogP) is 5.32. The summed E-state index contributed by atoms with van der Waals surface area (Å²) in [5.41, 5.74) is 1.25. The summed E-state index contributed by atoms with van der Waals surface area (Å²) < 4.78 is 32.3. The Morgan fingerprint density at radius 3 is 2.24 bits per heavy atom. The summed E-state index contributed by atoms with van der Waals surface area (Å²) in [5.74, 6) is -1.04. The highest BCUT2D eigenvalue weighted by Crippen LogP contribution is 2.26. The van der Waals surface area contributed by atoms with Crippen LogP contribution in [-0.2, 0) is 14.8 Å². The van der Waals surface area contributed by atoms with Crippen molar-refractivity contribution >= 4 is 56.6 Å². The van der Waals surface area contributed by atoms with Gasteiger partial charge in [0, 0.05) is 22.7 Å². The number of esters is 1. The number of methoxy groups -OCH3 is 1. The van der Waals surface area contributed by atoms with Crippen molar-refractivity contribution in [1.29, 1.82) is 0 Å². The second kappa shape index (κ2) is 10.9. The zero-order chi connectivity index (χ0) is 24.9. The first kappa shape index (κ1) is 25.6. The molecule has 0 saturated carbocycles. The van der Waals surface area contributed by atoms with Crippen LogP contribution < -0.4 is 9.62 Å². The molecule has 1 amide bonds. The number of sulfonamides is 1. The van der Waals surface area contributed by atoms with Gasteiger partial charge in [0.25, 0.3) is 15.9 Å². The first-order valence-electron chi connectivity index (χ1n) is 10.2. The van der Waals surface area contributed by atoms with E-state index in [1.807, 2.05) is 6.26 Å². The van der Waals surface area contributed by atoms with E-state index < -0.39 is 21.9 Å². The van der Waals surface area contributed by atoms with Crippen LogP contribution in [0.5, 0.6) is 0 Å². The molecule has 0 fully saturated rings. The first-order chi connectivity index (χ1) is 16.2. The fraction of sp³-hybridized carbons (Fsp3) is 0.167. The third-order valence-electron chi connectivity index (χ3n) is 4.98. The lowest BCUT2D eigenvalue weighted by atomic mass is 10.1. The van der Waals surface area contributed by atoms with Crippen molar-refractivity contribution in [1.82, 2.24) is 0 Å². The van der Waals surface area contributed by atoms with Gasteiger partial charge in [0.1, 0.15) is 0 Å². The second-order valence-electron chi connectivity index (χ2n) is 7.03. The van der Waals surface area contributed by atoms with E-state index in [-0.39, 0.29) is 22.0 Å². The number of carbonyl (C=O) groups excluding carboxylic acids is 2. The minimum Gasteiger partial charge on any atom is -0.465 e. The van der Waals surface area contributed by atoms with Gasteiger partial charge < -0.3 is 10.1 Å². The number of amides is 1. The normalized spacial score (nSPS) is 11.1. The number of hydrogen-bond acceptors (Lipinski definition) is 6. The van der Waals surface area contributed by atoms with Gasteiger partial charge in [0.2, 0.25) is 0 Å². The molecular weight excluding hydrogens is 496 g/mol. The van der Waals surface area contributed by atoms with E-state index >= 15 is 0 Å². The maximum Gasteiger partial charge on any atom is 0.339 e. The molecule has 3 aromatic rings. The van der Waals surface area contributed by atoms with Crippen molar-refractivity contribution in [2.45, 2.75) is 16.7 Å². The topological polar surface area (TPSA) is 92.8 Å². The maximum atomic E-state index is 13.2. The SMILES string of the molecule is CCN(c1ccc(C(=O)Nc2ccc(Cl)c(C(=O)OC)c2)cc1)S(=O)(=O)c1ccc(SC)cc1. The van der Waals surface area contributed by atoms with E-state index in [0.717, 1.165) is 4.90 Å². The largest absolute Gasteiger partial charge is 0.465 e. The number of carbonyl (C=O) groups is 2. The number of anilines is 2. The number of halogens is 1. The quantitative estimate of drug-likeness (QED) is 0.320. The summed E-state index contributed by atoms with van der Waals surface area (Å²) in [4.78, 5) is 25.7. The van der Waals surface area contributed by atoms with E-state index in [9.17, 15) is 18.0 Å². The Balaban J connectivity index is 1.80. The Bertz CT molecular complexity index is 1290. The summed E-state index contributed by atoms with van der Waals surface area (Å²) in [5, 5.41) is 2.90. The minimum atomic E-state index is -3.76. The molecule has 0 saturated heterocycles. The second-order valence-corrected chi connectivity index (χ2v) is 10.2. The molecule has 0 bridgehead atoms. The lowest BCUT2D eigenvalue weighted by Gasteiger charge is -2.23. The third kappa shape index (κ3) is 5.55. The van der Waals surface area contributed by atoms with Gasteiger partial charge in [-0.05, 0) is 79.9 Å². The number of thioether (sulfide) groups is 1. The molecule has 3 aromatic carbocycles. The molecule has 178 valence electrons. The lowest BCUT2D eigenvalue weighted by molar-refractivity contribution is 0.0600. The van der Waals surface area contributed by atoms with Gasteiger partial charge in [0.15, 0.2) is 0 Å². The van der Waals surface area contributed by atoms with Crippen LogP contribution in [0, 0.1) is 0 Å². The maximum absolute atomic E-state index is 13.2. The predicted molar refractivity (Wildman–Crippen MR) is 136 cm³/mol. The van der Waals surface area contributed by atoms with Gasteiger partial charge in [-0.3, -0.25) is 9.10 Å². The molecule has 0 spiro atoms. The molecule has 0 unspecified atom stereocenters. The van der Waals surface area contributed by atoms with Gasteiger partial charge in [-0.1, -0.05) is 11.6 Å². The van der Waals surface area contributed by atoms with Crippen LogP contribution in [-0.4, -0.2) is 40.2 Å². The number of benzene rings is 3. The van der Waals surface area contributed by atoms with Gasteiger partial charge in [0.05, 0.1) is 28.3 Å². The van der Waals surface area contributed by atoms with E-state index in [1.54, 1.807) is 49.4 Å². The first-order valence-corrected chi connectivity index (χ1v) is 13.2. The Kier molecular flexibility index (Phi) is 8.24. The molecule has 3 rings (SSSR count). The summed E-state index contributed by atoms with van der Waals surface area (Å²) in [6, 6.07) is 17.4. The van der Waals surface area contributed by atoms with Crippen molar-refractivity contribution in [3.63, 3.8) is 0 Å². The molecule has 1 N–H and O–H groups in total. The van der Waals surface area contributed by atoms with Gasteiger partial charge >= 0.3 is 5.97 Å². The van der Waals surface area contributed by atoms with Gasteiger partial charge in [-0.25, -0.2) is 13.2 Å². The Labute approximate surface area is 208 Å². The monoisotopic (exact) mass is 518 g/mol. The van der Waals surface area contributed by atoms with E-state index in [2.05, 4.69) is 10.1 Å². The molecule has 0 radical (unpaired) electrons. The molecule has 10 heteroatoms. The number of nitrogens with zero attached hydrogens (tertiary/aromatic N) is 1. The van der Waals surface area contributed by atoms with E-state index in [1.165, 1.54) is 47.4 Å². The molecule has 0 aliphatic heterocycles. The summed E-state index contributed by atoms with van der Waals surface area (Å²) in [7, 11) is -2.52. The lowest BCUT2D eigenvalue weighted by Crippen LogP contribution is -2.30.